The van der Waals surface area contributed by atoms with Gasteiger partial charge in [-0.15, -0.1) is 0 Å². The van der Waals surface area contributed by atoms with Gasteiger partial charge in [0.15, 0.2) is 5.82 Å². The lowest BCUT2D eigenvalue weighted by Crippen LogP contribution is -2.37. The number of anilines is 1. The molecule has 242 valence electrons. The second kappa shape index (κ2) is 15.6. The molecule has 16 heteroatoms. The van der Waals surface area contributed by atoms with E-state index in [9.17, 15) is 19.0 Å². The molecule has 2 aromatic heterocycles. The SMILES string of the molecule is [B]C(=O)OCC(CC(C)(C)OCCC(C)(C)OP(=O)(O)OCCn1c(CCCC)nc2c(N)nc3ccccc3c21)OC([B])=O. The molecule has 0 aliphatic carbocycles. The summed E-state index contributed by atoms with van der Waals surface area (Å²) in [5.74, 6) is -0.949. The molecule has 0 saturated carbocycles. The number of benzene rings is 1. The Morgan fingerprint density at radius 2 is 1.80 bits per heavy atom. The molecule has 0 spiro atoms. The number of unbranched alkanes of at least 4 members (excludes halogenated alkanes) is 1. The number of carbonyl (C=O) groups is 2. The molecule has 3 rings (SSSR count). The van der Waals surface area contributed by atoms with E-state index in [1.165, 1.54) is 0 Å². The molecule has 0 aliphatic rings. The molecule has 4 radical (unpaired) electrons. The number of imidazole rings is 1. The minimum atomic E-state index is -4.48. The summed E-state index contributed by atoms with van der Waals surface area (Å²) >= 11 is 0. The Morgan fingerprint density at radius 3 is 2.47 bits per heavy atom. The van der Waals surface area contributed by atoms with Crippen molar-refractivity contribution in [3.05, 3.63) is 30.1 Å². The molecule has 2 atom stereocenters. The highest BCUT2D eigenvalue weighted by molar-refractivity contribution is 7.47. The third-order valence-electron chi connectivity index (χ3n) is 6.99. The number of aryl methyl sites for hydroxylation is 1. The topological polar surface area (TPSA) is 174 Å². The average molecular weight is 642 g/mol. The van der Waals surface area contributed by atoms with Crippen molar-refractivity contribution in [2.75, 3.05) is 25.6 Å². The van der Waals surface area contributed by atoms with Crippen LogP contribution in [0, 0.1) is 0 Å². The highest BCUT2D eigenvalue weighted by Crippen LogP contribution is 2.48. The van der Waals surface area contributed by atoms with E-state index in [2.05, 4.69) is 11.9 Å². The number of aromatic nitrogens is 3. The summed E-state index contributed by atoms with van der Waals surface area (Å²) < 4.78 is 41.6. The molecule has 3 N–H and O–H groups in total. The maximum absolute atomic E-state index is 13.0. The van der Waals surface area contributed by atoms with Gasteiger partial charge < -0.3 is 29.4 Å². The standard InChI is InChI=1S/C29H41B2N4O9P/c1-6-7-12-22-34-23-24(20-10-8-9-11-21(20)33-25(23)32)35(22)14-16-42-45(38,39)44-28(2,3)13-15-41-29(4,5)17-19(43-27(31)37)18-40-26(30)36/h8-11,19H,6-7,12-18H2,1-5H3,(H2,32,33)(H,38,39). The van der Waals surface area contributed by atoms with Crippen LogP contribution in [0.5, 0.6) is 0 Å². The first-order chi connectivity index (χ1) is 21.0. The van der Waals surface area contributed by atoms with Crippen molar-refractivity contribution in [2.45, 2.75) is 90.6 Å². The maximum Gasteiger partial charge on any atom is 0.472 e. The Bertz CT molecular complexity index is 1530. The number of nitrogens with two attached hydrogens (primary N) is 1. The monoisotopic (exact) mass is 642 g/mol. The zero-order chi connectivity index (χ0) is 33.4. The lowest BCUT2D eigenvalue weighted by Gasteiger charge is -2.32. The molecule has 13 nitrogen and oxygen atoms in total. The number of nitrogen functional groups attached to an aromatic ring is 1. The van der Waals surface area contributed by atoms with Crippen LogP contribution in [0.25, 0.3) is 21.9 Å². The summed E-state index contributed by atoms with van der Waals surface area (Å²) in [7, 11) is 5.63. The summed E-state index contributed by atoms with van der Waals surface area (Å²) in [6.07, 6.45) is 2.03. The van der Waals surface area contributed by atoms with Gasteiger partial charge in [0.2, 0.25) is 27.4 Å². The Kier molecular flexibility index (Phi) is 12.6. The van der Waals surface area contributed by atoms with E-state index in [4.69, 9.17) is 49.7 Å². The van der Waals surface area contributed by atoms with Gasteiger partial charge in [-0.05, 0) is 46.6 Å². The van der Waals surface area contributed by atoms with Crippen LogP contribution in [0.4, 0.5) is 15.4 Å². The Hall–Kier alpha value is -2.96. The van der Waals surface area contributed by atoms with Gasteiger partial charge in [0.25, 0.3) is 0 Å². The van der Waals surface area contributed by atoms with Crippen molar-refractivity contribution >= 4 is 63.0 Å². The zero-order valence-corrected chi connectivity index (χ0v) is 27.4. The number of phosphoric ester groups is 1. The first-order valence-corrected chi connectivity index (χ1v) is 16.3. The van der Waals surface area contributed by atoms with Crippen molar-refractivity contribution in [1.82, 2.24) is 14.5 Å². The maximum atomic E-state index is 13.0. The van der Waals surface area contributed by atoms with Crippen LogP contribution >= 0.6 is 7.82 Å². The van der Waals surface area contributed by atoms with Gasteiger partial charge in [0.05, 0.1) is 35.4 Å². The van der Waals surface area contributed by atoms with Gasteiger partial charge in [-0.3, -0.25) is 18.6 Å². The predicted molar refractivity (Wildman–Crippen MR) is 171 cm³/mol. The Labute approximate surface area is 265 Å². The second-order valence-electron chi connectivity index (χ2n) is 11.9. The number of carbonyl (C=O) groups excluding carboxylic acids is 2. The molecule has 1 aromatic carbocycles. The highest BCUT2D eigenvalue weighted by Gasteiger charge is 2.34. The average Bonchev–Trinajstić information content (AvgIpc) is 3.28. The third-order valence-corrected chi connectivity index (χ3v) is 8.22. The number of phosphoric acid groups is 1. The lowest BCUT2D eigenvalue weighted by atomic mass is 9.99. The largest absolute Gasteiger partial charge is 0.472 e. The smallest absolute Gasteiger partial charge is 0.471 e. The quantitative estimate of drug-likeness (QED) is 0.141. The van der Waals surface area contributed by atoms with Crippen molar-refractivity contribution in [3.63, 3.8) is 0 Å². The third kappa shape index (κ3) is 11.1. The number of ether oxygens (including phenoxy) is 3. The van der Waals surface area contributed by atoms with Gasteiger partial charge in [-0.2, -0.15) is 0 Å². The molecule has 45 heavy (non-hydrogen) atoms. The fourth-order valence-electron chi connectivity index (χ4n) is 4.96. The fraction of sp³-hybridized carbons (Fsp3) is 0.586. The van der Waals surface area contributed by atoms with E-state index in [-0.39, 0.29) is 39.2 Å². The lowest BCUT2D eigenvalue weighted by molar-refractivity contribution is -0.0734. The molecular weight excluding hydrogens is 601 g/mol. The van der Waals surface area contributed by atoms with Gasteiger partial charge in [-0.1, -0.05) is 31.5 Å². The van der Waals surface area contributed by atoms with E-state index in [1.54, 1.807) is 27.7 Å². The summed E-state index contributed by atoms with van der Waals surface area (Å²) in [6, 6.07) is 7.61. The van der Waals surface area contributed by atoms with Gasteiger partial charge >= 0.3 is 7.82 Å². The van der Waals surface area contributed by atoms with Gasteiger partial charge in [0, 0.05) is 24.8 Å². The van der Waals surface area contributed by atoms with E-state index < -0.39 is 36.9 Å². The first kappa shape index (κ1) is 36.5. The number of fused-ring (bicyclic) bond motifs is 3. The van der Waals surface area contributed by atoms with Crippen LogP contribution in [-0.2, 0) is 40.8 Å². The van der Waals surface area contributed by atoms with Crippen LogP contribution in [0.1, 0.15) is 66.1 Å². The minimum Gasteiger partial charge on any atom is -0.471 e. The molecule has 0 aliphatic heterocycles. The van der Waals surface area contributed by atoms with E-state index in [0.29, 0.717) is 17.8 Å². The van der Waals surface area contributed by atoms with Crippen molar-refractivity contribution in [3.8, 4) is 0 Å². The van der Waals surface area contributed by atoms with E-state index >= 15 is 0 Å². The van der Waals surface area contributed by atoms with Gasteiger partial charge in [-0.25, -0.2) is 14.5 Å². The van der Waals surface area contributed by atoms with Crippen LogP contribution in [0.3, 0.4) is 0 Å². The van der Waals surface area contributed by atoms with Crippen LogP contribution in [0.15, 0.2) is 24.3 Å². The number of rotatable bonds is 18. The number of para-hydroxylation sites is 1. The van der Waals surface area contributed by atoms with Crippen LogP contribution in [0.2, 0.25) is 0 Å². The number of hydrogen-bond acceptors (Lipinski definition) is 11. The zero-order valence-electron chi connectivity index (χ0n) is 26.5. The normalized spacial score (nSPS) is 14.4. The molecule has 0 bridgehead atoms. The number of hydrogen-bond donors (Lipinski definition) is 2. The van der Waals surface area contributed by atoms with Gasteiger partial charge in [0.1, 0.15) is 24.1 Å². The second-order valence-corrected chi connectivity index (χ2v) is 13.3. The Morgan fingerprint density at radius 1 is 1.09 bits per heavy atom. The van der Waals surface area contributed by atoms with E-state index in [0.717, 1.165) is 35.1 Å². The molecule has 2 heterocycles. The molecule has 3 aromatic rings. The number of nitrogens with zero attached hydrogens (tertiary/aromatic N) is 3. The van der Waals surface area contributed by atoms with Crippen LogP contribution < -0.4 is 5.73 Å². The first-order valence-electron chi connectivity index (χ1n) is 14.8. The molecular formula is C29H41B2N4O9P. The van der Waals surface area contributed by atoms with Crippen molar-refractivity contribution < 1.29 is 42.3 Å². The van der Waals surface area contributed by atoms with E-state index in [1.807, 2.05) is 28.8 Å². The molecule has 0 fully saturated rings. The predicted octanol–water partition coefficient (Wildman–Crippen LogP) is 4.98. The summed E-state index contributed by atoms with van der Waals surface area (Å²) in [5, 5.41) is 0.873. The minimum absolute atomic E-state index is 0.115. The molecule has 0 saturated heterocycles. The molecule has 0 amide bonds. The van der Waals surface area contributed by atoms with Crippen molar-refractivity contribution in [1.29, 1.82) is 0 Å². The summed E-state index contributed by atoms with van der Waals surface area (Å²) in [5.41, 5.74) is 6.40. The Balaban J connectivity index is 1.62. The summed E-state index contributed by atoms with van der Waals surface area (Å²) in [6.45, 7) is 8.79. The highest BCUT2D eigenvalue weighted by atomic mass is 31.2. The van der Waals surface area contributed by atoms with Crippen molar-refractivity contribution in [2.24, 2.45) is 0 Å². The fourth-order valence-corrected chi connectivity index (χ4v) is 6.04. The molecule has 2 unspecified atom stereocenters. The van der Waals surface area contributed by atoms with Crippen LogP contribution in [-0.4, -0.2) is 84.0 Å². The number of pyridine rings is 1. The summed E-state index contributed by atoms with van der Waals surface area (Å²) in [4.78, 5) is 42.0.